The lowest BCUT2D eigenvalue weighted by Crippen LogP contribution is -2.34. The molecule has 0 radical (unpaired) electrons. The highest BCUT2D eigenvalue weighted by Gasteiger charge is 2.15. The zero-order valence-electron chi connectivity index (χ0n) is 11.4. The molecular formula is C13H18N4O2. The normalized spacial score (nSPS) is 11.5. The van der Waals surface area contributed by atoms with Gasteiger partial charge in [0.1, 0.15) is 17.6 Å². The number of aromatic nitrogens is 3. The van der Waals surface area contributed by atoms with Gasteiger partial charge in [0.25, 0.3) is 0 Å². The van der Waals surface area contributed by atoms with Crippen molar-refractivity contribution in [1.29, 1.82) is 0 Å². The number of hydrogen-bond donors (Lipinski definition) is 1. The van der Waals surface area contributed by atoms with Crippen LogP contribution >= 0.6 is 0 Å². The molecule has 0 aromatic carbocycles. The van der Waals surface area contributed by atoms with Gasteiger partial charge in [-0.3, -0.25) is 0 Å². The van der Waals surface area contributed by atoms with Gasteiger partial charge in [-0.05, 0) is 26.8 Å². The number of fused-ring (bicyclic) bond motifs is 1. The van der Waals surface area contributed by atoms with E-state index in [9.17, 15) is 4.79 Å². The molecule has 102 valence electrons. The molecule has 0 fully saturated rings. The van der Waals surface area contributed by atoms with Gasteiger partial charge in [-0.15, -0.1) is 0 Å². The minimum absolute atomic E-state index is 0.404. The zero-order chi connectivity index (χ0) is 13.9. The van der Waals surface area contributed by atoms with Crippen molar-refractivity contribution in [2.45, 2.75) is 32.9 Å². The van der Waals surface area contributed by atoms with Gasteiger partial charge >= 0.3 is 6.09 Å². The fourth-order valence-electron chi connectivity index (χ4n) is 1.71. The molecule has 2 heterocycles. The van der Waals surface area contributed by atoms with Crippen LogP contribution in [0, 0.1) is 0 Å². The largest absolute Gasteiger partial charge is 0.444 e. The van der Waals surface area contributed by atoms with Gasteiger partial charge in [0.05, 0.1) is 0 Å². The highest BCUT2D eigenvalue weighted by molar-refractivity contribution is 5.74. The van der Waals surface area contributed by atoms with Crippen LogP contribution in [0.5, 0.6) is 0 Å². The highest BCUT2D eigenvalue weighted by Crippen LogP contribution is 2.10. The summed E-state index contributed by atoms with van der Waals surface area (Å²) in [4.78, 5) is 19.6. The number of ether oxygens (including phenoxy) is 1. The molecule has 0 atom stereocenters. The summed E-state index contributed by atoms with van der Waals surface area (Å²) >= 11 is 0. The second-order valence-electron chi connectivity index (χ2n) is 5.24. The molecule has 0 bridgehead atoms. The zero-order valence-corrected chi connectivity index (χ0v) is 11.4. The maximum absolute atomic E-state index is 11.5. The number of carbonyl (C=O) groups excluding carboxylic acids is 1. The molecule has 0 aliphatic rings. The minimum atomic E-state index is -0.475. The first-order valence-corrected chi connectivity index (χ1v) is 6.17. The van der Waals surface area contributed by atoms with E-state index in [1.54, 1.807) is 6.20 Å². The number of carbonyl (C=O) groups is 1. The van der Waals surface area contributed by atoms with Crippen LogP contribution in [-0.4, -0.2) is 32.8 Å². The third kappa shape index (κ3) is 3.67. The van der Waals surface area contributed by atoms with Crippen LogP contribution in [0.15, 0.2) is 24.8 Å². The molecule has 6 nitrogen and oxygen atoms in total. The molecule has 1 amide bonds. The summed E-state index contributed by atoms with van der Waals surface area (Å²) in [5.41, 5.74) is 0.387. The second kappa shape index (κ2) is 5.26. The Balaban J connectivity index is 1.88. The smallest absolute Gasteiger partial charge is 0.407 e. The van der Waals surface area contributed by atoms with Crippen molar-refractivity contribution in [3.63, 3.8) is 0 Å². The van der Waals surface area contributed by atoms with Crippen LogP contribution in [0.25, 0.3) is 11.0 Å². The molecule has 0 unspecified atom stereocenters. The average Bonchev–Trinajstić information content (AvgIpc) is 2.70. The van der Waals surface area contributed by atoms with Crippen molar-refractivity contribution in [3.8, 4) is 0 Å². The third-order valence-electron chi connectivity index (χ3n) is 2.45. The Morgan fingerprint density at radius 1 is 1.47 bits per heavy atom. The van der Waals surface area contributed by atoms with Crippen LogP contribution in [0.4, 0.5) is 4.79 Å². The molecule has 0 aliphatic carbocycles. The number of nitrogens with zero attached hydrogens (tertiary/aromatic N) is 3. The summed E-state index contributed by atoms with van der Waals surface area (Å²) in [6.45, 7) is 6.64. The summed E-state index contributed by atoms with van der Waals surface area (Å²) in [5.74, 6) is 0. The molecule has 2 rings (SSSR count). The molecular weight excluding hydrogens is 244 g/mol. The minimum Gasteiger partial charge on any atom is -0.444 e. The maximum atomic E-state index is 11.5. The van der Waals surface area contributed by atoms with E-state index < -0.39 is 11.7 Å². The highest BCUT2D eigenvalue weighted by atomic mass is 16.6. The number of nitrogens with one attached hydrogen (secondary N) is 1. The van der Waals surface area contributed by atoms with E-state index in [2.05, 4.69) is 15.3 Å². The second-order valence-corrected chi connectivity index (χ2v) is 5.24. The van der Waals surface area contributed by atoms with Crippen molar-refractivity contribution in [1.82, 2.24) is 19.9 Å². The lowest BCUT2D eigenvalue weighted by atomic mass is 10.2. The molecule has 19 heavy (non-hydrogen) atoms. The molecule has 0 saturated heterocycles. The Bertz CT molecular complexity index is 571. The number of rotatable bonds is 3. The van der Waals surface area contributed by atoms with Crippen LogP contribution in [-0.2, 0) is 11.3 Å². The van der Waals surface area contributed by atoms with E-state index in [1.807, 2.05) is 37.6 Å². The Hall–Kier alpha value is -2.11. The van der Waals surface area contributed by atoms with Gasteiger partial charge in [0, 0.05) is 30.9 Å². The summed E-state index contributed by atoms with van der Waals surface area (Å²) < 4.78 is 7.13. The van der Waals surface area contributed by atoms with Gasteiger partial charge in [-0.25, -0.2) is 14.8 Å². The lowest BCUT2D eigenvalue weighted by molar-refractivity contribution is 0.0526. The Labute approximate surface area is 111 Å². The van der Waals surface area contributed by atoms with Crippen molar-refractivity contribution in [2.24, 2.45) is 0 Å². The summed E-state index contributed by atoms with van der Waals surface area (Å²) in [5, 5.41) is 3.70. The average molecular weight is 262 g/mol. The first kappa shape index (κ1) is 13.3. The SMILES string of the molecule is CC(C)(C)OC(=O)NCCn1ccc2cncnc21. The van der Waals surface area contributed by atoms with E-state index in [0.29, 0.717) is 13.1 Å². The third-order valence-corrected chi connectivity index (χ3v) is 2.45. The Kier molecular flexibility index (Phi) is 3.69. The van der Waals surface area contributed by atoms with Crippen LogP contribution in [0.1, 0.15) is 20.8 Å². The number of hydrogen-bond acceptors (Lipinski definition) is 4. The number of amides is 1. The predicted molar refractivity (Wildman–Crippen MR) is 71.8 cm³/mol. The summed E-state index contributed by atoms with van der Waals surface area (Å²) in [6.07, 6.45) is 4.80. The van der Waals surface area contributed by atoms with Crippen LogP contribution in [0.3, 0.4) is 0 Å². The fourth-order valence-corrected chi connectivity index (χ4v) is 1.71. The topological polar surface area (TPSA) is 69.0 Å². The lowest BCUT2D eigenvalue weighted by Gasteiger charge is -2.19. The monoisotopic (exact) mass is 262 g/mol. The van der Waals surface area contributed by atoms with Crippen molar-refractivity contribution < 1.29 is 9.53 Å². The number of alkyl carbamates (subject to hydrolysis) is 1. The van der Waals surface area contributed by atoms with E-state index in [1.165, 1.54) is 6.33 Å². The molecule has 1 N–H and O–H groups in total. The maximum Gasteiger partial charge on any atom is 0.407 e. The van der Waals surface area contributed by atoms with Gasteiger partial charge in [0.15, 0.2) is 0 Å². The van der Waals surface area contributed by atoms with Crippen molar-refractivity contribution in [3.05, 3.63) is 24.8 Å². The quantitative estimate of drug-likeness (QED) is 0.918. The van der Waals surface area contributed by atoms with Crippen molar-refractivity contribution >= 4 is 17.1 Å². The molecule has 2 aromatic heterocycles. The summed E-state index contributed by atoms with van der Waals surface area (Å²) in [7, 11) is 0. The van der Waals surface area contributed by atoms with Crippen molar-refractivity contribution in [2.75, 3.05) is 6.54 Å². The van der Waals surface area contributed by atoms with E-state index >= 15 is 0 Å². The first-order valence-electron chi connectivity index (χ1n) is 6.17. The van der Waals surface area contributed by atoms with E-state index in [0.717, 1.165) is 11.0 Å². The first-order chi connectivity index (χ1) is 8.96. The standard InChI is InChI=1S/C13H18N4O2/c1-13(2,3)19-12(18)15-5-7-17-6-4-10-8-14-9-16-11(10)17/h4,6,8-9H,5,7H2,1-3H3,(H,15,18). The Morgan fingerprint density at radius 2 is 2.26 bits per heavy atom. The van der Waals surface area contributed by atoms with E-state index in [4.69, 9.17) is 4.74 Å². The van der Waals surface area contributed by atoms with Gasteiger partial charge < -0.3 is 14.6 Å². The van der Waals surface area contributed by atoms with Crippen LogP contribution < -0.4 is 5.32 Å². The van der Waals surface area contributed by atoms with Gasteiger partial charge in [-0.2, -0.15) is 0 Å². The van der Waals surface area contributed by atoms with Gasteiger partial charge in [-0.1, -0.05) is 0 Å². The van der Waals surface area contributed by atoms with E-state index in [-0.39, 0.29) is 0 Å². The molecule has 0 spiro atoms. The Morgan fingerprint density at radius 3 is 3.00 bits per heavy atom. The molecule has 6 heteroatoms. The predicted octanol–water partition coefficient (Wildman–Crippen LogP) is 1.96. The van der Waals surface area contributed by atoms with Gasteiger partial charge in [0.2, 0.25) is 0 Å². The molecule has 0 aliphatic heterocycles. The van der Waals surface area contributed by atoms with Crippen LogP contribution in [0.2, 0.25) is 0 Å². The molecule has 2 aromatic rings. The molecule has 0 saturated carbocycles. The fraction of sp³-hybridized carbons (Fsp3) is 0.462. The summed E-state index contributed by atoms with van der Waals surface area (Å²) in [6, 6.07) is 1.95.